The van der Waals surface area contributed by atoms with Gasteiger partial charge in [-0.2, -0.15) is 8.42 Å². The van der Waals surface area contributed by atoms with Crippen LogP contribution in [-0.4, -0.2) is 8.42 Å². The summed E-state index contributed by atoms with van der Waals surface area (Å²) in [6, 6.07) is 30.7. The maximum atomic E-state index is 13.9. The quantitative estimate of drug-likeness (QED) is 0.289. The van der Waals surface area contributed by atoms with Gasteiger partial charge in [-0.3, -0.25) is 0 Å². The first-order valence-electron chi connectivity index (χ1n) is 10.8. The van der Waals surface area contributed by atoms with Crippen molar-refractivity contribution in [2.45, 2.75) is 47.3 Å². The average Bonchev–Trinajstić information content (AvgIpc) is 2.79. The van der Waals surface area contributed by atoms with Crippen LogP contribution >= 0.6 is 10.3 Å². The maximum absolute atomic E-state index is 13.9. The maximum Gasteiger partial charge on any atom is 0.307 e. The van der Waals surface area contributed by atoms with E-state index in [1.807, 2.05) is 99.6 Å². The first kappa shape index (κ1) is 23.3. The molecular weight excluding hydrogens is 448 g/mol. The zero-order valence-corrected chi connectivity index (χ0v) is 20.9. The van der Waals surface area contributed by atoms with Crippen LogP contribution in [-0.2, 0) is 13.7 Å². The van der Waals surface area contributed by atoms with E-state index in [0.29, 0.717) is 5.56 Å². The number of rotatable bonds is 6. The van der Waals surface area contributed by atoms with E-state index in [2.05, 4.69) is 0 Å². The molecule has 0 aliphatic carbocycles. The second kappa shape index (κ2) is 9.18. The summed E-state index contributed by atoms with van der Waals surface area (Å²) < 4.78 is 34.4. The third kappa shape index (κ3) is 4.24. The molecule has 5 heteroatoms. The topological polar surface area (TPSA) is 43.4 Å². The zero-order valence-electron chi connectivity index (χ0n) is 19.3. The Morgan fingerprint density at radius 2 is 0.727 bits per heavy atom. The lowest BCUT2D eigenvalue weighted by atomic mass is 10.2. The SMILES string of the molecule is Cc1ccccc1S(OS(=O)(=O)c1ccccc1C)(c1ccccc1C)c1ccccc1C. The molecule has 0 spiro atoms. The Hall–Kier alpha value is -2.86. The van der Waals surface area contributed by atoms with Crippen molar-refractivity contribution in [3.05, 3.63) is 119 Å². The lowest BCUT2D eigenvalue weighted by Gasteiger charge is -2.42. The smallest absolute Gasteiger partial charge is 0.203 e. The van der Waals surface area contributed by atoms with Crippen LogP contribution in [0.2, 0.25) is 0 Å². The van der Waals surface area contributed by atoms with Crippen LogP contribution in [0, 0.1) is 27.7 Å². The molecule has 0 bridgehead atoms. The second-order valence-corrected chi connectivity index (χ2v) is 12.5. The molecule has 0 aliphatic heterocycles. The van der Waals surface area contributed by atoms with Crippen molar-refractivity contribution in [3.63, 3.8) is 0 Å². The molecular formula is C28H28O3S2. The van der Waals surface area contributed by atoms with Gasteiger partial charge in [-0.15, -0.1) is 0 Å². The van der Waals surface area contributed by atoms with Crippen LogP contribution in [0.1, 0.15) is 22.3 Å². The Bertz CT molecular complexity index is 1300. The van der Waals surface area contributed by atoms with E-state index in [1.54, 1.807) is 25.1 Å². The first-order valence-corrected chi connectivity index (χ1v) is 13.8. The average molecular weight is 477 g/mol. The van der Waals surface area contributed by atoms with Gasteiger partial charge in [0.25, 0.3) is 0 Å². The standard InChI is InChI=1S/C28H28O3S2/c1-21-13-5-9-17-25(21)32(26-18-10-6-14-22(26)2,27-19-11-7-15-23(27)3)31-33(29,30)28-20-12-8-16-24(28)4/h5-20H,1-4H3. The molecule has 0 aromatic heterocycles. The summed E-state index contributed by atoms with van der Waals surface area (Å²) in [7, 11) is -6.74. The summed E-state index contributed by atoms with van der Waals surface area (Å²) in [6.07, 6.45) is 0. The highest BCUT2D eigenvalue weighted by atomic mass is 32.3. The van der Waals surface area contributed by atoms with Crippen molar-refractivity contribution in [3.8, 4) is 0 Å². The molecule has 4 aromatic rings. The molecule has 4 aromatic carbocycles. The van der Waals surface area contributed by atoms with Gasteiger partial charge in [0.05, 0.1) is 4.90 Å². The van der Waals surface area contributed by atoms with Gasteiger partial charge in [0.15, 0.2) is 0 Å². The Kier molecular flexibility index (Phi) is 6.48. The van der Waals surface area contributed by atoms with Gasteiger partial charge in [-0.25, -0.2) is 3.63 Å². The van der Waals surface area contributed by atoms with Crippen molar-refractivity contribution in [1.29, 1.82) is 0 Å². The molecule has 0 saturated heterocycles. The van der Waals surface area contributed by atoms with Gasteiger partial charge in [-0.1, -0.05) is 72.8 Å². The number of benzene rings is 4. The molecule has 0 radical (unpaired) electrons. The summed E-state index contributed by atoms with van der Waals surface area (Å²) >= 11 is 0. The number of aryl methyl sites for hydroxylation is 4. The molecule has 4 rings (SSSR count). The van der Waals surface area contributed by atoms with Crippen molar-refractivity contribution < 1.29 is 12.0 Å². The summed E-state index contributed by atoms with van der Waals surface area (Å²) in [4.78, 5) is 2.83. The van der Waals surface area contributed by atoms with E-state index in [4.69, 9.17) is 3.63 Å². The fourth-order valence-electron chi connectivity index (χ4n) is 4.11. The zero-order chi connectivity index (χ0) is 23.6. The molecule has 0 unspecified atom stereocenters. The van der Waals surface area contributed by atoms with Crippen LogP contribution in [0.4, 0.5) is 0 Å². The highest BCUT2D eigenvalue weighted by Gasteiger charge is 2.41. The van der Waals surface area contributed by atoms with E-state index < -0.39 is 20.4 Å². The molecule has 33 heavy (non-hydrogen) atoms. The Morgan fingerprint density at radius 1 is 0.455 bits per heavy atom. The summed E-state index contributed by atoms with van der Waals surface area (Å²) in [6.45, 7) is 7.83. The van der Waals surface area contributed by atoms with E-state index in [0.717, 1.165) is 31.4 Å². The molecule has 0 fully saturated rings. The second-order valence-electron chi connectivity index (χ2n) is 8.14. The largest absolute Gasteiger partial charge is 0.307 e. The molecule has 0 aliphatic rings. The molecule has 0 saturated carbocycles. The third-order valence-electron chi connectivity index (χ3n) is 5.76. The Balaban J connectivity index is 2.14. The van der Waals surface area contributed by atoms with E-state index in [-0.39, 0.29) is 4.90 Å². The molecule has 3 nitrogen and oxygen atoms in total. The van der Waals surface area contributed by atoms with Crippen LogP contribution in [0.3, 0.4) is 0 Å². The molecule has 0 amide bonds. The predicted molar refractivity (Wildman–Crippen MR) is 135 cm³/mol. The monoisotopic (exact) mass is 476 g/mol. The summed E-state index contributed by atoms with van der Waals surface area (Å²) in [5.41, 5.74) is 3.61. The van der Waals surface area contributed by atoms with E-state index >= 15 is 0 Å². The van der Waals surface area contributed by atoms with Crippen LogP contribution in [0.15, 0.2) is 117 Å². The van der Waals surface area contributed by atoms with Gasteiger partial charge < -0.3 is 0 Å². The Morgan fingerprint density at radius 3 is 1.03 bits per heavy atom. The van der Waals surface area contributed by atoms with E-state index in [9.17, 15) is 8.42 Å². The van der Waals surface area contributed by atoms with Gasteiger partial charge in [-0.05, 0) is 84.5 Å². The summed E-state index contributed by atoms with van der Waals surface area (Å²) in [5, 5.41) is 0. The minimum atomic E-state index is -4.11. The van der Waals surface area contributed by atoms with Crippen molar-refractivity contribution in [1.82, 2.24) is 0 Å². The molecule has 170 valence electrons. The van der Waals surface area contributed by atoms with Gasteiger partial charge in [0, 0.05) is 14.7 Å². The minimum absolute atomic E-state index is 0.192. The number of hydrogen-bond donors (Lipinski definition) is 0. The molecule has 0 heterocycles. The highest BCUT2D eigenvalue weighted by Crippen LogP contribution is 2.72. The van der Waals surface area contributed by atoms with Gasteiger partial charge in [0.1, 0.15) is 0 Å². The van der Waals surface area contributed by atoms with Crippen molar-refractivity contribution in [2.24, 2.45) is 0 Å². The van der Waals surface area contributed by atoms with Gasteiger partial charge >= 0.3 is 10.1 Å². The predicted octanol–water partition coefficient (Wildman–Crippen LogP) is 7.52. The first-order chi connectivity index (χ1) is 15.8. The lowest BCUT2D eigenvalue weighted by Crippen LogP contribution is -2.17. The fraction of sp³-hybridized carbons (Fsp3) is 0.143. The third-order valence-corrected chi connectivity index (χ3v) is 11.5. The highest BCUT2D eigenvalue weighted by molar-refractivity contribution is 8.33. The van der Waals surface area contributed by atoms with Crippen molar-refractivity contribution in [2.75, 3.05) is 0 Å². The van der Waals surface area contributed by atoms with Crippen LogP contribution in [0.5, 0.6) is 0 Å². The van der Waals surface area contributed by atoms with Gasteiger partial charge in [0.2, 0.25) is 0 Å². The van der Waals surface area contributed by atoms with Crippen molar-refractivity contribution >= 4 is 20.4 Å². The van der Waals surface area contributed by atoms with Crippen LogP contribution < -0.4 is 0 Å². The molecule has 0 N–H and O–H groups in total. The van der Waals surface area contributed by atoms with E-state index in [1.165, 1.54) is 0 Å². The Labute approximate surface area is 198 Å². The normalized spacial score (nSPS) is 12.5. The van der Waals surface area contributed by atoms with Crippen LogP contribution in [0.25, 0.3) is 0 Å². The number of hydrogen-bond acceptors (Lipinski definition) is 3. The summed E-state index contributed by atoms with van der Waals surface area (Å²) in [5.74, 6) is 0. The molecule has 0 atom stereocenters. The lowest BCUT2D eigenvalue weighted by molar-refractivity contribution is 0.507. The minimum Gasteiger partial charge on any atom is -0.203 e. The fourth-order valence-corrected chi connectivity index (χ4v) is 10.2.